The highest BCUT2D eigenvalue weighted by Gasteiger charge is 2.65. The van der Waals surface area contributed by atoms with Gasteiger partial charge in [-0.25, -0.2) is 0 Å². The van der Waals surface area contributed by atoms with Crippen molar-refractivity contribution in [1.82, 2.24) is 0 Å². The van der Waals surface area contributed by atoms with Crippen LogP contribution in [-0.4, -0.2) is 30.9 Å². The van der Waals surface area contributed by atoms with Gasteiger partial charge in [0.2, 0.25) is 0 Å². The number of rotatable bonds is 6. The molecule has 10 atom stereocenters. The van der Waals surface area contributed by atoms with Crippen LogP contribution in [0.15, 0.2) is 0 Å². The molecule has 4 fully saturated rings. The number of esters is 2. The van der Waals surface area contributed by atoms with Crippen LogP contribution >= 0.6 is 0 Å². The van der Waals surface area contributed by atoms with E-state index in [0.717, 1.165) is 44.9 Å². The summed E-state index contributed by atoms with van der Waals surface area (Å²) in [5.74, 6) is 2.73. The van der Waals surface area contributed by atoms with Gasteiger partial charge in [-0.2, -0.15) is 0 Å². The van der Waals surface area contributed by atoms with Crippen LogP contribution in [0.4, 0.5) is 0 Å². The first-order chi connectivity index (χ1) is 16.1. The molecule has 0 aromatic heterocycles. The van der Waals surface area contributed by atoms with Crippen molar-refractivity contribution in [2.24, 2.45) is 52.3 Å². The molecule has 4 aliphatic carbocycles. The highest BCUT2D eigenvalue weighted by atomic mass is 16.5. The minimum atomic E-state index is -0.201. The summed E-state index contributed by atoms with van der Waals surface area (Å²) in [5, 5.41) is 0. The molecule has 0 aromatic rings. The van der Waals surface area contributed by atoms with Crippen molar-refractivity contribution in [2.75, 3.05) is 7.11 Å². The lowest BCUT2D eigenvalue weighted by Gasteiger charge is -2.62. The highest BCUT2D eigenvalue weighted by Crippen LogP contribution is 2.68. The van der Waals surface area contributed by atoms with E-state index in [1.807, 2.05) is 0 Å². The van der Waals surface area contributed by atoms with E-state index in [9.17, 15) is 14.4 Å². The summed E-state index contributed by atoms with van der Waals surface area (Å²) in [6, 6.07) is 0. The summed E-state index contributed by atoms with van der Waals surface area (Å²) in [7, 11) is 1.47. The van der Waals surface area contributed by atoms with Gasteiger partial charge in [-0.3, -0.25) is 14.4 Å². The number of fused-ring (bicyclic) bond motifs is 5. The third kappa shape index (κ3) is 4.13. The zero-order chi connectivity index (χ0) is 24.8. The summed E-state index contributed by atoms with van der Waals surface area (Å²) in [5.41, 5.74) is 0.342. The van der Waals surface area contributed by atoms with E-state index in [4.69, 9.17) is 9.47 Å². The molecule has 34 heavy (non-hydrogen) atoms. The van der Waals surface area contributed by atoms with Crippen molar-refractivity contribution in [3.8, 4) is 0 Å². The van der Waals surface area contributed by atoms with Gasteiger partial charge >= 0.3 is 11.9 Å². The molecule has 0 saturated heterocycles. The van der Waals surface area contributed by atoms with E-state index in [2.05, 4.69) is 27.7 Å². The van der Waals surface area contributed by atoms with Gasteiger partial charge in [-0.05, 0) is 98.2 Å². The van der Waals surface area contributed by atoms with Crippen molar-refractivity contribution in [1.29, 1.82) is 0 Å². The molecule has 0 heterocycles. The molecule has 0 aromatic carbocycles. The lowest BCUT2D eigenvalue weighted by atomic mass is 9.42. The lowest BCUT2D eigenvalue weighted by Crippen LogP contribution is -2.60. The van der Waals surface area contributed by atoms with Gasteiger partial charge in [0.1, 0.15) is 11.9 Å². The first kappa shape index (κ1) is 25.7. The number of ether oxygens (including phenoxy) is 2. The average molecular weight is 475 g/mol. The average Bonchev–Trinajstić information content (AvgIpc) is 3.15. The smallest absolute Gasteiger partial charge is 0.305 e. The van der Waals surface area contributed by atoms with Crippen molar-refractivity contribution < 1.29 is 23.9 Å². The molecular weight excluding hydrogens is 428 g/mol. The van der Waals surface area contributed by atoms with Crippen molar-refractivity contribution in [2.45, 2.75) is 105 Å². The van der Waals surface area contributed by atoms with Crippen LogP contribution in [-0.2, 0) is 23.9 Å². The molecule has 0 aliphatic heterocycles. The predicted molar refractivity (Wildman–Crippen MR) is 131 cm³/mol. The Balaban J connectivity index is 1.57. The van der Waals surface area contributed by atoms with E-state index >= 15 is 0 Å². The van der Waals surface area contributed by atoms with Gasteiger partial charge in [0.15, 0.2) is 0 Å². The van der Waals surface area contributed by atoms with Crippen LogP contribution in [0, 0.1) is 52.3 Å². The second-order valence-electron chi connectivity index (χ2n) is 12.6. The van der Waals surface area contributed by atoms with Gasteiger partial charge < -0.3 is 9.47 Å². The quantitative estimate of drug-likeness (QED) is 0.443. The molecule has 192 valence electrons. The standard InChI is InChI=1S/C29H46O5/c1-7-20-24-16-19(34-18(3)30)12-14-29(24,5)23-13-15-28(4)21(17(2)8-11-25(31)33-6)9-10-22(28)26(23)27(20)32/h17,19-24,26H,7-16H2,1-6H3/t17-,19-,20?,21-,22+,23+,24+,26+,28-,29-/m1/s1. The maximum absolute atomic E-state index is 14.2. The number of carbonyl (C=O) groups is 3. The Morgan fingerprint density at radius 2 is 1.71 bits per heavy atom. The normalized spacial score (nSPS) is 44.4. The number of ketones is 1. The first-order valence-electron chi connectivity index (χ1n) is 13.8. The summed E-state index contributed by atoms with van der Waals surface area (Å²) < 4.78 is 10.5. The Kier molecular flexibility index (Phi) is 7.24. The fraction of sp³-hybridized carbons (Fsp3) is 0.897. The maximum atomic E-state index is 14.2. The Morgan fingerprint density at radius 1 is 1.03 bits per heavy atom. The fourth-order valence-corrected chi connectivity index (χ4v) is 9.59. The molecule has 0 spiro atoms. The molecule has 4 rings (SSSR count). The zero-order valence-corrected chi connectivity index (χ0v) is 22.2. The van der Waals surface area contributed by atoms with Crippen LogP contribution in [0.2, 0.25) is 0 Å². The summed E-state index contributed by atoms with van der Waals surface area (Å²) in [6.45, 7) is 10.9. The largest absolute Gasteiger partial charge is 0.469 e. The third-order valence-electron chi connectivity index (χ3n) is 11.2. The second-order valence-corrected chi connectivity index (χ2v) is 12.6. The Morgan fingerprint density at radius 3 is 2.35 bits per heavy atom. The van der Waals surface area contributed by atoms with E-state index in [1.54, 1.807) is 0 Å². The van der Waals surface area contributed by atoms with Gasteiger partial charge in [-0.15, -0.1) is 0 Å². The van der Waals surface area contributed by atoms with Gasteiger partial charge in [-0.1, -0.05) is 27.7 Å². The number of Topliss-reactive ketones (excluding diaryl/α,β-unsaturated/α-hetero) is 1. The number of carbonyl (C=O) groups excluding carboxylic acids is 3. The molecule has 4 aliphatic rings. The fourth-order valence-electron chi connectivity index (χ4n) is 9.59. The molecule has 0 radical (unpaired) electrons. The van der Waals surface area contributed by atoms with E-state index in [-0.39, 0.29) is 40.7 Å². The number of hydrogen-bond donors (Lipinski definition) is 0. The van der Waals surface area contributed by atoms with Gasteiger partial charge in [0.05, 0.1) is 7.11 Å². The van der Waals surface area contributed by atoms with Gasteiger partial charge in [0, 0.05) is 25.2 Å². The molecule has 0 amide bonds. The van der Waals surface area contributed by atoms with Crippen LogP contribution < -0.4 is 0 Å². The molecular formula is C29H46O5. The van der Waals surface area contributed by atoms with Crippen LogP contribution in [0.1, 0.15) is 98.8 Å². The third-order valence-corrected chi connectivity index (χ3v) is 11.2. The maximum Gasteiger partial charge on any atom is 0.305 e. The van der Waals surface area contributed by atoms with Gasteiger partial charge in [0.25, 0.3) is 0 Å². The van der Waals surface area contributed by atoms with Crippen molar-refractivity contribution >= 4 is 17.7 Å². The summed E-state index contributed by atoms with van der Waals surface area (Å²) >= 11 is 0. The second kappa shape index (κ2) is 9.58. The predicted octanol–water partition coefficient (Wildman–Crippen LogP) is 5.98. The van der Waals surface area contributed by atoms with Crippen LogP contribution in [0.5, 0.6) is 0 Å². The highest BCUT2D eigenvalue weighted by molar-refractivity contribution is 5.86. The Bertz CT molecular complexity index is 806. The molecule has 5 heteroatoms. The molecule has 0 bridgehead atoms. The molecule has 0 N–H and O–H groups in total. The topological polar surface area (TPSA) is 69.7 Å². The van der Waals surface area contributed by atoms with E-state index in [0.29, 0.717) is 41.8 Å². The lowest BCUT2D eigenvalue weighted by molar-refractivity contribution is -0.178. The minimum absolute atomic E-state index is 0.0330. The zero-order valence-electron chi connectivity index (χ0n) is 22.2. The van der Waals surface area contributed by atoms with Crippen LogP contribution in [0.3, 0.4) is 0 Å². The summed E-state index contributed by atoms with van der Waals surface area (Å²) in [6.07, 6.45) is 9.67. The Hall–Kier alpha value is -1.39. The number of methoxy groups -OCH3 is 1. The molecule has 5 nitrogen and oxygen atoms in total. The number of hydrogen-bond acceptors (Lipinski definition) is 5. The van der Waals surface area contributed by atoms with E-state index in [1.165, 1.54) is 26.9 Å². The Labute approximate surface area is 206 Å². The van der Waals surface area contributed by atoms with Crippen molar-refractivity contribution in [3.63, 3.8) is 0 Å². The van der Waals surface area contributed by atoms with Crippen molar-refractivity contribution in [3.05, 3.63) is 0 Å². The van der Waals surface area contributed by atoms with Crippen LogP contribution in [0.25, 0.3) is 0 Å². The molecule has 4 saturated carbocycles. The van der Waals surface area contributed by atoms with E-state index < -0.39 is 0 Å². The summed E-state index contributed by atoms with van der Waals surface area (Å²) in [4.78, 5) is 37.5. The SMILES string of the molecule is CCC1C(=O)[C@@H]2[C@H](CC[C@]3(C)[C@@H]([C@H](C)CCC(=O)OC)CC[C@@H]23)[C@@]2(C)CC[C@@H](OC(C)=O)C[C@@H]12. The monoisotopic (exact) mass is 474 g/mol. The molecule has 1 unspecified atom stereocenters. The first-order valence-corrected chi connectivity index (χ1v) is 13.8. The minimum Gasteiger partial charge on any atom is -0.469 e.